The molecule has 1 atom stereocenters. The molecule has 1 fully saturated rings. The summed E-state index contributed by atoms with van der Waals surface area (Å²) in [6.45, 7) is 3.41. The Morgan fingerprint density at radius 1 is 1.43 bits per heavy atom. The van der Waals surface area contributed by atoms with Crippen LogP contribution in [0.4, 0.5) is 10.5 Å². The Morgan fingerprint density at radius 2 is 2.09 bits per heavy atom. The summed E-state index contributed by atoms with van der Waals surface area (Å²) >= 11 is 0. The number of cyclic esters (lactones) is 1. The number of nitrogens with one attached hydrogen (secondary N) is 1. The number of anilines is 1. The second-order valence-electron chi connectivity index (χ2n) is 5.19. The molecular formula is C15H17N3O5. The summed E-state index contributed by atoms with van der Waals surface area (Å²) in [5, 5.41) is 13.2. The Balaban J connectivity index is 2.05. The SMILES string of the molecule is CC(=O)NCC1CN(c2ccc(C=C(C)[N+](=O)[O-])cc2)C(=O)O1. The average molecular weight is 319 g/mol. The van der Waals surface area contributed by atoms with Gasteiger partial charge in [0, 0.05) is 25.6 Å². The van der Waals surface area contributed by atoms with Gasteiger partial charge in [0.1, 0.15) is 6.10 Å². The third-order valence-electron chi connectivity index (χ3n) is 3.32. The van der Waals surface area contributed by atoms with Crippen LogP contribution in [0, 0.1) is 10.1 Å². The number of hydrogen-bond donors (Lipinski definition) is 1. The van der Waals surface area contributed by atoms with Crippen LogP contribution in [0.2, 0.25) is 0 Å². The van der Waals surface area contributed by atoms with Gasteiger partial charge in [-0.2, -0.15) is 0 Å². The first-order chi connectivity index (χ1) is 10.9. The van der Waals surface area contributed by atoms with E-state index in [1.807, 2.05) is 0 Å². The van der Waals surface area contributed by atoms with Gasteiger partial charge in [-0.3, -0.25) is 19.8 Å². The smallest absolute Gasteiger partial charge is 0.414 e. The van der Waals surface area contributed by atoms with Crippen molar-refractivity contribution in [1.82, 2.24) is 5.32 Å². The Labute approximate surface area is 132 Å². The van der Waals surface area contributed by atoms with E-state index in [0.29, 0.717) is 17.8 Å². The Kier molecular flexibility index (Phi) is 4.95. The number of nitro groups is 1. The Morgan fingerprint density at radius 3 is 2.65 bits per heavy atom. The van der Waals surface area contributed by atoms with Crippen molar-refractivity contribution in [2.75, 3.05) is 18.0 Å². The fraction of sp³-hybridized carbons (Fsp3) is 0.333. The highest BCUT2D eigenvalue weighted by Crippen LogP contribution is 2.22. The monoisotopic (exact) mass is 319 g/mol. The van der Waals surface area contributed by atoms with Gasteiger partial charge in [-0.15, -0.1) is 0 Å². The molecule has 0 saturated carbocycles. The molecule has 1 saturated heterocycles. The third-order valence-corrected chi connectivity index (χ3v) is 3.32. The van der Waals surface area contributed by atoms with E-state index in [2.05, 4.69) is 5.32 Å². The fourth-order valence-corrected chi connectivity index (χ4v) is 2.14. The van der Waals surface area contributed by atoms with E-state index in [4.69, 9.17) is 4.74 Å². The first-order valence-corrected chi connectivity index (χ1v) is 7.02. The van der Waals surface area contributed by atoms with Crippen LogP contribution in [0.25, 0.3) is 6.08 Å². The van der Waals surface area contributed by atoms with Crippen LogP contribution in [-0.2, 0) is 9.53 Å². The first-order valence-electron chi connectivity index (χ1n) is 7.02. The second kappa shape index (κ2) is 6.91. The molecule has 23 heavy (non-hydrogen) atoms. The molecule has 122 valence electrons. The molecule has 0 bridgehead atoms. The van der Waals surface area contributed by atoms with Gasteiger partial charge in [0.05, 0.1) is 18.0 Å². The van der Waals surface area contributed by atoms with Crippen molar-refractivity contribution >= 4 is 23.8 Å². The molecular weight excluding hydrogens is 302 g/mol. The number of nitrogens with zero attached hydrogens (tertiary/aromatic N) is 2. The van der Waals surface area contributed by atoms with Gasteiger partial charge < -0.3 is 10.1 Å². The number of allylic oxidation sites excluding steroid dienone is 1. The molecule has 1 aliphatic heterocycles. The number of carbonyl (C=O) groups excluding carboxylic acids is 2. The second-order valence-corrected chi connectivity index (χ2v) is 5.19. The molecule has 2 amide bonds. The predicted octanol–water partition coefficient (Wildman–Crippen LogP) is 1.79. The zero-order valence-electron chi connectivity index (χ0n) is 12.8. The zero-order valence-corrected chi connectivity index (χ0v) is 12.8. The summed E-state index contributed by atoms with van der Waals surface area (Å²) in [6, 6.07) is 6.77. The largest absolute Gasteiger partial charge is 0.442 e. The van der Waals surface area contributed by atoms with Crippen LogP contribution >= 0.6 is 0 Å². The van der Waals surface area contributed by atoms with Gasteiger partial charge in [-0.05, 0) is 17.7 Å². The molecule has 0 aliphatic carbocycles. The zero-order chi connectivity index (χ0) is 17.0. The van der Waals surface area contributed by atoms with E-state index in [-0.39, 0.29) is 18.1 Å². The standard InChI is InChI=1S/C15H17N3O5/c1-10(18(21)22)7-12-3-5-13(6-4-12)17-9-14(23-15(17)20)8-16-11(2)19/h3-7,14H,8-9H2,1-2H3,(H,16,19). The molecule has 1 aliphatic rings. The molecule has 2 rings (SSSR count). The number of benzene rings is 1. The van der Waals surface area contributed by atoms with Crippen LogP contribution < -0.4 is 10.2 Å². The van der Waals surface area contributed by atoms with Gasteiger partial charge in [-0.1, -0.05) is 12.1 Å². The topological polar surface area (TPSA) is 102 Å². The summed E-state index contributed by atoms with van der Waals surface area (Å²) in [4.78, 5) is 34.4. The average Bonchev–Trinajstić information content (AvgIpc) is 2.87. The highest BCUT2D eigenvalue weighted by Gasteiger charge is 2.32. The predicted molar refractivity (Wildman–Crippen MR) is 83.4 cm³/mol. The molecule has 1 aromatic carbocycles. The molecule has 0 radical (unpaired) electrons. The fourth-order valence-electron chi connectivity index (χ4n) is 2.14. The lowest BCUT2D eigenvalue weighted by atomic mass is 10.1. The van der Waals surface area contributed by atoms with Crippen LogP contribution in [0.3, 0.4) is 0 Å². The first kappa shape index (κ1) is 16.5. The van der Waals surface area contributed by atoms with Crippen LogP contribution in [0.5, 0.6) is 0 Å². The number of rotatable bonds is 5. The van der Waals surface area contributed by atoms with E-state index in [9.17, 15) is 19.7 Å². The summed E-state index contributed by atoms with van der Waals surface area (Å²) < 4.78 is 5.18. The molecule has 1 heterocycles. The molecule has 0 aromatic heterocycles. The molecule has 1 aromatic rings. The Hall–Kier alpha value is -2.90. The third kappa shape index (κ3) is 4.29. The van der Waals surface area contributed by atoms with Crippen molar-refractivity contribution in [1.29, 1.82) is 0 Å². The Bertz CT molecular complexity index is 654. The molecule has 1 N–H and O–H groups in total. The summed E-state index contributed by atoms with van der Waals surface area (Å²) in [5.74, 6) is -0.184. The number of amides is 2. The molecule has 8 nitrogen and oxygen atoms in total. The molecule has 0 spiro atoms. The number of ether oxygens (including phenoxy) is 1. The number of hydrogen-bond acceptors (Lipinski definition) is 5. The van der Waals surface area contributed by atoms with Crippen LogP contribution in [-0.4, -0.2) is 36.1 Å². The van der Waals surface area contributed by atoms with E-state index in [1.165, 1.54) is 24.8 Å². The summed E-state index contributed by atoms with van der Waals surface area (Å²) in [7, 11) is 0. The van der Waals surface area contributed by atoms with E-state index in [0.717, 1.165) is 0 Å². The van der Waals surface area contributed by atoms with Crippen LogP contribution in [0.15, 0.2) is 30.0 Å². The van der Waals surface area contributed by atoms with Crippen molar-refractivity contribution in [2.24, 2.45) is 0 Å². The van der Waals surface area contributed by atoms with Crippen molar-refractivity contribution in [3.05, 3.63) is 45.6 Å². The minimum absolute atomic E-state index is 0.0358. The van der Waals surface area contributed by atoms with Crippen molar-refractivity contribution in [2.45, 2.75) is 20.0 Å². The highest BCUT2D eigenvalue weighted by atomic mass is 16.6. The molecule has 1 unspecified atom stereocenters. The van der Waals surface area contributed by atoms with Gasteiger partial charge in [0.2, 0.25) is 11.6 Å². The van der Waals surface area contributed by atoms with Crippen molar-refractivity contribution in [3.8, 4) is 0 Å². The molecule has 8 heteroatoms. The van der Waals surface area contributed by atoms with Gasteiger partial charge in [-0.25, -0.2) is 4.79 Å². The highest BCUT2D eigenvalue weighted by molar-refractivity contribution is 5.90. The van der Waals surface area contributed by atoms with Gasteiger partial charge in [0.25, 0.3) is 0 Å². The summed E-state index contributed by atoms with van der Waals surface area (Å²) in [6.07, 6.45) is 0.568. The minimum atomic E-state index is -0.481. The van der Waals surface area contributed by atoms with Crippen molar-refractivity contribution < 1.29 is 19.2 Å². The normalized spacial score (nSPS) is 17.8. The quantitative estimate of drug-likeness (QED) is 0.658. The van der Waals surface area contributed by atoms with E-state index >= 15 is 0 Å². The van der Waals surface area contributed by atoms with E-state index in [1.54, 1.807) is 24.3 Å². The maximum Gasteiger partial charge on any atom is 0.414 e. The lowest BCUT2D eigenvalue weighted by molar-refractivity contribution is -0.422. The van der Waals surface area contributed by atoms with E-state index < -0.39 is 17.1 Å². The summed E-state index contributed by atoms with van der Waals surface area (Å²) in [5.41, 5.74) is 1.34. The lowest BCUT2D eigenvalue weighted by Gasteiger charge is -2.13. The maximum absolute atomic E-state index is 11.9. The number of carbonyl (C=O) groups is 2. The maximum atomic E-state index is 11.9. The van der Waals surface area contributed by atoms with Crippen LogP contribution in [0.1, 0.15) is 19.4 Å². The minimum Gasteiger partial charge on any atom is -0.442 e. The van der Waals surface area contributed by atoms with Gasteiger partial charge in [0.15, 0.2) is 0 Å². The van der Waals surface area contributed by atoms with Crippen molar-refractivity contribution in [3.63, 3.8) is 0 Å². The lowest BCUT2D eigenvalue weighted by Crippen LogP contribution is -2.33. The van der Waals surface area contributed by atoms with Gasteiger partial charge >= 0.3 is 6.09 Å².